The molecule has 1 saturated heterocycles. The lowest BCUT2D eigenvalue weighted by molar-refractivity contribution is -0.189. The van der Waals surface area contributed by atoms with Crippen molar-refractivity contribution in [2.45, 2.75) is 26.0 Å². The summed E-state index contributed by atoms with van der Waals surface area (Å²) < 4.78 is 34.6. The molecule has 0 aromatic carbocycles. The lowest BCUT2D eigenvalue weighted by Crippen LogP contribution is -2.55. The molecule has 1 aliphatic rings. The van der Waals surface area contributed by atoms with Gasteiger partial charge < -0.3 is 14.4 Å². The molecule has 1 unspecified atom stereocenters. The highest BCUT2D eigenvalue weighted by atomic mass is 19.3. The van der Waals surface area contributed by atoms with Crippen LogP contribution in [0.3, 0.4) is 0 Å². The van der Waals surface area contributed by atoms with Crippen LogP contribution in [0.4, 0.5) is 13.6 Å². The number of nitrogens with zero attached hydrogens (tertiary/aromatic N) is 2. The summed E-state index contributed by atoms with van der Waals surface area (Å²) in [6.45, 7) is 4.83. The first-order valence-corrected chi connectivity index (χ1v) is 5.97. The largest absolute Gasteiger partial charge is 0.414 e. The minimum Gasteiger partial charge on any atom is -0.384 e. The lowest BCUT2D eigenvalue weighted by atomic mass is 10.2. The number of amides is 1. The molecule has 1 atom stereocenters. The van der Waals surface area contributed by atoms with Gasteiger partial charge in [0.25, 0.3) is 0 Å². The van der Waals surface area contributed by atoms with Crippen LogP contribution >= 0.6 is 0 Å². The van der Waals surface area contributed by atoms with Gasteiger partial charge in [-0.15, -0.1) is 0 Å². The zero-order valence-corrected chi connectivity index (χ0v) is 11.0. The topological polar surface area (TPSA) is 42.0 Å². The number of carbonyl (C=O) groups excluding carboxylic acids is 1. The molecule has 5 nitrogen and oxygen atoms in total. The fourth-order valence-corrected chi connectivity index (χ4v) is 1.76. The van der Waals surface area contributed by atoms with E-state index < -0.39 is 12.2 Å². The van der Waals surface area contributed by atoms with E-state index in [4.69, 9.17) is 4.74 Å². The summed E-state index contributed by atoms with van der Waals surface area (Å²) in [5, 5.41) is 0. The van der Waals surface area contributed by atoms with Gasteiger partial charge in [0.05, 0.1) is 12.6 Å². The zero-order chi connectivity index (χ0) is 13.8. The number of likely N-dealkylation sites (N-methyl/N-ethyl adjacent to an activating group) is 1. The predicted octanol–water partition coefficient (Wildman–Crippen LogP) is 1.39. The van der Waals surface area contributed by atoms with Gasteiger partial charge in [-0.1, -0.05) is 0 Å². The van der Waals surface area contributed by atoms with Gasteiger partial charge in [0.2, 0.25) is 0 Å². The molecule has 0 aromatic rings. The fourth-order valence-electron chi connectivity index (χ4n) is 1.76. The number of hydrogen-bond acceptors (Lipinski definition) is 4. The molecular formula is C11H20F2N2O3. The number of rotatable bonds is 4. The van der Waals surface area contributed by atoms with Crippen LogP contribution in [0.1, 0.15) is 13.8 Å². The molecule has 1 heterocycles. The Morgan fingerprint density at radius 1 is 1.44 bits per heavy atom. The molecule has 7 heteroatoms. The van der Waals surface area contributed by atoms with Gasteiger partial charge >= 0.3 is 12.2 Å². The summed E-state index contributed by atoms with van der Waals surface area (Å²) in [7, 11) is 1.92. The Labute approximate surface area is 106 Å². The van der Waals surface area contributed by atoms with E-state index in [1.807, 2.05) is 18.9 Å². The number of alkyl halides is 2. The van der Waals surface area contributed by atoms with Gasteiger partial charge in [0.1, 0.15) is 0 Å². The average Bonchev–Trinajstić information content (AvgIpc) is 2.25. The van der Waals surface area contributed by atoms with Crippen LogP contribution in [0, 0.1) is 0 Å². The second-order valence-electron chi connectivity index (χ2n) is 4.42. The fraction of sp³-hybridized carbons (Fsp3) is 0.909. The van der Waals surface area contributed by atoms with Crippen molar-refractivity contribution in [2.75, 3.05) is 39.9 Å². The molecule has 1 amide bonds. The molecule has 0 spiro atoms. The molecule has 0 N–H and O–H groups in total. The Bertz CT molecular complexity index is 284. The van der Waals surface area contributed by atoms with Crippen molar-refractivity contribution in [2.24, 2.45) is 0 Å². The van der Waals surface area contributed by atoms with Crippen molar-refractivity contribution in [3.8, 4) is 0 Å². The van der Waals surface area contributed by atoms with Gasteiger partial charge in [-0.3, -0.25) is 4.90 Å². The lowest BCUT2D eigenvalue weighted by Gasteiger charge is -2.38. The van der Waals surface area contributed by atoms with Crippen LogP contribution in [0.25, 0.3) is 0 Å². The van der Waals surface area contributed by atoms with Crippen molar-refractivity contribution in [3.63, 3.8) is 0 Å². The Hall–Kier alpha value is -0.950. The number of hydrogen-bond donors (Lipinski definition) is 0. The Morgan fingerprint density at radius 2 is 2.11 bits per heavy atom. The molecule has 0 aliphatic carbocycles. The molecule has 106 valence electrons. The number of ether oxygens (including phenoxy) is 2. The Balaban J connectivity index is 2.50. The molecule has 1 aliphatic heterocycles. The van der Waals surface area contributed by atoms with E-state index in [1.54, 1.807) is 0 Å². The van der Waals surface area contributed by atoms with E-state index in [9.17, 15) is 13.6 Å². The van der Waals surface area contributed by atoms with Gasteiger partial charge in [-0.05, 0) is 14.0 Å². The maximum absolute atomic E-state index is 12.6. The molecular weight excluding hydrogens is 246 g/mol. The molecule has 0 bridgehead atoms. The van der Waals surface area contributed by atoms with E-state index >= 15 is 0 Å². The van der Waals surface area contributed by atoms with Gasteiger partial charge in [0, 0.05) is 33.2 Å². The smallest absolute Gasteiger partial charge is 0.384 e. The summed E-state index contributed by atoms with van der Waals surface area (Å²) in [6, 6.07) is 0.0109. The summed E-state index contributed by atoms with van der Waals surface area (Å²) in [4.78, 5) is 14.8. The standard InChI is InChI=1S/C11H20F2N2O3/c1-4-17-8-9-7-15(6-5-14(9)3)10(16)18-11(2,12)13/h9H,4-8H2,1-3H3. The molecule has 0 saturated carbocycles. The average molecular weight is 266 g/mol. The molecule has 1 rings (SSSR count). The third-order valence-electron chi connectivity index (χ3n) is 2.82. The number of carbonyl (C=O) groups is 1. The summed E-state index contributed by atoms with van der Waals surface area (Å²) in [5.41, 5.74) is 0. The van der Waals surface area contributed by atoms with Crippen molar-refractivity contribution in [3.05, 3.63) is 0 Å². The van der Waals surface area contributed by atoms with Crippen LogP contribution in [-0.4, -0.2) is 67.9 Å². The van der Waals surface area contributed by atoms with Crippen molar-refractivity contribution < 1.29 is 23.0 Å². The molecule has 0 aromatic heterocycles. The second kappa shape index (κ2) is 6.29. The van der Waals surface area contributed by atoms with Gasteiger partial charge in [-0.25, -0.2) is 4.79 Å². The highest BCUT2D eigenvalue weighted by Gasteiger charge is 2.33. The van der Waals surface area contributed by atoms with Crippen molar-refractivity contribution in [1.82, 2.24) is 9.80 Å². The van der Waals surface area contributed by atoms with Crippen LogP contribution < -0.4 is 0 Å². The van der Waals surface area contributed by atoms with E-state index in [1.165, 1.54) is 4.90 Å². The second-order valence-corrected chi connectivity index (χ2v) is 4.42. The number of halogens is 2. The molecule has 0 radical (unpaired) electrons. The predicted molar refractivity (Wildman–Crippen MR) is 61.6 cm³/mol. The van der Waals surface area contributed by atoms with E-state index in [0.717, 1.165) is 0 Å². The maximum atomic E-state index is 12.6. The third kappa shape index (κ3) is 4.73. The van der Waals surface area contributed by atoms with Crippen LogP contribution in [0.15, 0.2) is 0 Å². The van der Waals surface area contributed by atoms with Crippen LogP contribution in [0.5, 0.6) is 0 Å². The Kier molecular flexibility index (Phi) is 5.28. The highest BCUT2D eigenvalue weighted by Crippen LogP contribution is 2.17. The molecule has 18 heavy (non-hydrogen) atoms. The first-order valence-electron chi connectivity index (χ1n) is 5.97. The Morgan fingerprint density at radius 3 is 2.67 bits per heavy atom. The van der Waals surface area contributed by atoms with Crippen LogP contribution in [-0.2, 0) is 9.47 Å². The van der Waals surface area contributed by atoms with E-state index in [2.05, 4.69) is 4.74 Å². The zero-order valence-electron chi connectivity index (χ0n) is 11.0. The quantitative estimate of drug-likeness (QED) is 0.771. The first kappa shape index (κ1) is 15.1. The third-order valence-corrected chi connectivity index (χ3v) is 2.82. The highest BCUT2D eigenvalue weighted by molar-refractivity contribution is 5.68. The van der Waals surface area contributed by atoms with Crippen molar-refractivity contribution >= 4 is 6.09 Å². The minimum absolute atomic E-state index is 0.0109. The van der Waals surface area contributed by atoms with E-state index in [0.29, 0.717) is 39.8 Å². The van der Waals surface area contributed by atoms with Gasteiger partial charge in [0.15, 0.2) is 0 Å². The SMILES string of the molecule is CCOCC1CN(C(=O)OC(C)(F)F)CCN1C. The monoisotopic (exact) mass is 266 g/mol. The van der Waals surface area contributed by atoms with Gasteiger partial charge in [-0.2, -0.15) is 8.78 Å². The number of piperazine rings is 1. The summed E-state index contributed by atoms with van der Waals surface area (Å²) in [5.74, 6) is 0. The van der Waals surface area contributed by atoms with Crippen LogP contribution in [0.2, 0.25) is 0 Å². The maximum Gasteiger partial charge on any atom is 0.414 e. The normalized spacial score (nSPS) is 22.1. The summed E-state index contributed by atoms with van der Waals surface area (Å²) >= 11 is 0. The van der Waals surface area contributed by atoms with E-state index in [-0.39, 0.29) is 6.04 Å². The summed E-state index contributed by atoms with van der Waals surface area (Å²) in [6.07, 6.45) is -4.41. The minimum atomic E-state index is -3.43. The van der Waals surface area contributed by atoms with Crippen molar-refractivity contribution in [1.29, 1.82) is 0 Å². The molecule has 1 fully saturated rings. The first-order chi connectivity index (χ1) is 8.33.